The summed E-state index contributed by atoms with van der Waals surface area (Å²) in [5, 5.41) is 16.4. The van der Waals surface area contributed by atoms with Gasteiger partial charge in [0.2, 0.25) is 0 Å². The van der Waals surface area contributed by atoms with Crippen LogP contribution < -0.4 is 20.7 Å². The number of anilines is 2. The Labute approximate surface area is 150 Å². The summed E-state index contributed by atoms with van der Waals surface area (Å²) in [5.41, 5.74) is 2.41. The fourth-order valence-corrected chi connectivity index (χ4v) is 2.12. The number of carbonyl (C=O) groups excluding carboxylic acids is 2. The van der Waals surface area contributed by atoms with Crippen LogP contribution in [0.4, 0.5) is 21.0 Å². The molecular formula is C18H19N3O5. The normalized spacial score (nSPS) is 9.92. The number of carbonyl (C=O) groups is 3. The number of amides is 3. The minimum atomic E-state index is -0.933. The molecule has 0 bridgehead atoms. The Kier molecular flexibility index (Phi) is 6.15. The van der Waals surface area contributed by atoms with E-state index in [0.29, 0.717) is 16.9 Å². The standard InChI is InChI=1S/C18H19N3O5/c1-11-3-6-13(20-17(24)19-2)10-15(11)21-18(25)26-14-7-4-12(5-8-14)9-16(22)23/h3-8,10H,9H2,1-2H3,(H,21,25)(H,22,23)(H2,19,20,24). The van der Waals surface area contributed by atoms with Gasteiger partial charge in [0.25, 0.3) is 0 Å². The molecule has 26 heavy (non-hydrogen) atoms. The molecule has 3 amide bonds. The fraction of sp³-hybridized carbons (Fsp3) is 0.167. The van der Waals surface area contributed by atoms with Crippen LogP contribution in [-0.2, 0) is 11.2 Å². The molecule has 0 aliphatic carbocycles. The third-order valence-corrected chi connectivity index (χ3v) is 3.45. The van der Waals surface area contributed by atoms with Crippen LogP contribution in [0.2, 0.25) is 0 Å². The lowest BCUT2D eigenvalue weighted by Crippen LogP contribution is -2.24. The van der Waals surface area contributed by atoms with E-state index in [0.717, 1.165) is 5.56 Å². The Morgan fingerprint density at radius 1 is 1.04 bits per heavy atom. The summed E-state index contributed by atoms with van der Waals surface area (Å²) in [6.07, 6.45) is -0.798. The highest BCUT2D eigenvalue weighted by Gasteiger charge is 2.09. The number of rotatable bonds is 5. The Morgan fingerprint density at radius 2 is 1.73 bits per heavy atom. The lowest BCUT2D eigenvalue weighted by atomic mass is 10.1. The van der Waals surface area contributed by atoms with Gasteiger partial charge in [0, 0.05) is 18.4 Å². The number of carboxylic acids is 1. The second kappa shape index (κ2) is 8.52. The predicted octanol–water partition coefficient (Wildman–Crippen LogP) is 2.98. The van der Waals surface area contributed by atoms with Crippen LogP contribution in [0.15, 0.2) is 42.5 Å². The van der Waals surface area contributed by atoms with Crippen molar-refractivity contribution in [2.24, 2.45) is 0 Å². The summed E-state index contributed by atoms with van der Waals surface area (Å²) < 4.78 is 5.18. The molecule has 0 heterocycles. The predicted molar refractivity (Wildman–Crippen MR) is 96.7 cm³/mol. The van der Waals surface area contributed by atoms with Gasteiger partial charge in [-0.05, 0) is 42.3 Å². The third kappa shape index (κ3) is 5.52. The van der Waals surface area contributed by atoms with Gasteiger partial charge >= 0.3 is 18.1 Å². The first-order chi connectivity index (χ1) is 12.4. The number of hydrogen-bond acceptors (Lipinski definition) is 4. The van der Waals surface area contributed by atoms with Gasteiger partial charge in [-0.3, -0.25) is 10.1 Å². The fourth-order valence-electron chi connectivity index (χ4n) is 2.12. The molecule has 8 heteroatoms. The maximum absolute atomic E-state index is 12.1. The third-order valence-electron chi connectivity index (χ3n) is 3.45. The number of hydrogen-bond donors (Lipinski definition) is 4. The van der Waals surface area contributed by atoms with E-state index in [-0.39, 0.29) is 18.2 Å². The second-order valence-electron chi connectivity index (χ2n) is 5.46. The minimum absolute atomic E-state index is 0.100. The molecular weight excluding hydrogens is 338 g/mol. The van der Waals surface area contributed by atoms with Crippen molar-refractivity contribution in [3.8, 4) is 5.75 Å². The Bertz CT molecular complexity index is 818. The molecule has 0 radical (unpaired) electrons. The number of aryl methyl sites for hydroxylation is 1. The molecule has 0 aromatic heterocycles. The van der Waals surface area contributed by atoms with E-state index in [1.807, 2.05) is 0 Å². The summed E-state index contributed by atoms with van der Waals surface area (Å²) in [7, 11) is 1.50. The molecule has 2 rings (SSSR count). The van der Waals surface area contributed by atoms with Gasteiger partial charge in [-0.1, -0.05) is 18.2 Å². The Balaban J connectivity index is 2.01. The first-order valence-corrected chi connectivity index (χ1v) is 7.76. The highest BCUT2D eigenvalue weighted by atomic mass is 16.6. The van der Waals surface area contributed by atoms with Gasteiger partial charge in [-0.25, -0.2) is 9.59 Å². The number of urea groups is 1. The molecule has 0 atom stereocenters. The first kappa shape index (κ1) is 18.8. The minimum Gasteiger partial charge on any atom is -0.481 e. The summed E-state index contributed by atoms with van der Waals surface area (Å²) in [5.74, 6) is -0.647. The largest absolute Gasteiger partial charge is 0.481 e. The Morgan fingerprint density at radius 3 is 2.35 bits per heavy atom. The maximum atomic E-state index is 12.1. The molecule has 0 fully saturated rings. The number of benzene rings is 2. The first-order valence-electron chi connectivity index (χ1n) is 7.76. The van der Waals surface area contributed by atoms with Crippen LogP contribution in [0.1, 0.15) is 11.1 Å². The van der Waals surface area contributed by atoms with Gasteiger partial charge in [0.05, 0.1) is 6.42 Å². The smallest absolute Gasteiger partial charge is 0.417 e. The van der Waals surface area contributed by atoms with Gasteiger partial charge < -0.3 is 20.5 Å². The maximum Gasteiger partial charge on any atom is 0.417 e. The van der Waals surface area contributed by atoms with Crippen molar-refractivity contribution in [3.63, 3.8) is 0 Å². The van der Waals surface area contributed by atoms with Crippen LogP contribution in [-0.4, -0.2) is 30.2 Å². The summed E-state index contributed by atoms with van der Waals surface area (Å²) in [4.78, 5) is 34.1. The molecule has 2 aromatic carbocycles. The quantitative estimate of drug-likeness (QED) is 0.656. The highest BCUT2D eigenvalue weighted by molar-refractivity contribution is 5.92. The topological polar surface area (TPSA) is 117 Å². The van der Waals surface area contributed by atoms with Crippen LogP contribution in [0.3, 0.4) is 0 Å². The van der Waals surface area contributed by atoms with Crippen molar-refractivity contribution in [1.29, 1.82) is 0 Å². The van der Waals surface area contributed by atoms with E-state index < -0.39 is 12.1 Å². The summed E-state index contributed by atoms with van der Waals surface area (Å²) >= 11 is 0. The average Bonchev–Trinajstić information content (AvgIpc) is 2.59. The number of nitrogens with one attached hydrogen (secondary N) is 3. The summed E-state index contributed by atoms with van der Waals surface area (Å²) in [6, 6.07) is 10.9. The van der Waals surface area contributed by atoms with Gasteiger partial charge in [0.15, 0.2) is 0 Å². The summed E-state index contributed by atoms with van der Waals surface area (Å²) in [6.45, 7) is 1.81. The van der Waals surface area contributed by atoms with Crippen molar-refractivity contribution in [2.45, 2.75) is 13.3 Å². The van der Waals surface area contributed by atoms with Gasteiger partial charge in [0.1, 0.15) is 5.75 Å². The van der Waals surface area contributed by atoms with Crippen molar-refractivity contribution in [1.82, 2.24) is 5.32 Å². The van der Waals surface area contributed by atoms with Crippen LogP contribution in [0.25, 0.3) is 0 Å². The molecule has 8 nitrogen and oxygen atoms in total. The van der Waals surface area contributed by atoms with E-state index in [1.54, 1.807) is 37.3 Å². The van der Waals surface area contributed by atoms with E-state index in [1.165, 1.54) is 19.2 Å². The van der Waals surface area contributed by atoms with Crippen molar-refractivity contribution < 1.29 is 24.2 Å². The molecule has 4 N–H and O–H groups in total. The van der Waals surface area contributed by atoms with Crippen molar-refractivity contribution in [2.75, 3.05) is 17.7 Å². The highest BCUT2D eigenvalue weighted by Crippen LogP contribution is 2.21. The monoisotopic (exact) mass is 357 g/mol. The molecule has 0 unspecified atom stereocenters. The SMILES string of the molecule is CNC(=O)Nc1ccc(C)c(NC(=O)Oc2ccc(CC(=O)O)cc2)c1. The van der Waals surface area contributed by atoms with Gasteiger partial charge in [-0.15, -0.1) is 0 Å². The number of carboxylic acid groups (broad SMARTS) is 1. The van der Waals surface area contributed by atoms with Gasteiger partial charge in [-0.2, -0.15) is 0 Å². The van der Waals surface area contributed by atoms with Crippen LogP contribution in [0, 0.1) is 6.92 Å². The van der Waals surface area contributed by atoms with E-state index >= 15 is 0 Å². The van der Waals surface area contributed by atoms with Crippen LogP contribution in [0.5, 0.6) is 5.75 Å². The molecule has 0 aliphatic rings. The molecule has 136 valence electrons. The number of aliphatic carboxylic acids is 1. The van der Waals surface area contributed by atoms with Crippen molar-refractivity contribution >= 4 is 29.5 Å². The number of ether oxygens (including phenoxy) is 1. The zero-order chi connectivity index (χ0) is 19.1. The second-order valence-corrected chi connectivity index (χ2v) is 5.46. The molecule has 0 aliphatic heterocycles. The molecule has 2 aromatic rings. The molecule has 0 saturated carbocycles. The molecule has 0 saturated heterocycles. The lowest BCUT2D eigenvalue weighted by Gasteiger charge is -2.12. The lowest BCUT2D eigenvalue weighted by molar-refractivity contribution is -0.136. The van der Waals surface area contributed by atoms with E-state index in [4.69, 9.17) is 9.84 Å². The van der Waals surface area contributed by atoms with Crippen LogP contribution >= 0.6 is 0 Å². The van der Waals surface area contributed by atoms with E-state index in [9.17, 15) is 14.4 Å². The zero-order valence-electron chi connectivity index (χ0n) is 14.3. The molecule has 0 spiro atoms. The average molecular weight is 357 g/mol. The Hall–Kier alpha value is -3.55. The van der Waals surface area contributed by atoms with E-state index in [2.05, 4.69) is 16.0 Å². The zero-order valence-corrected chi connectivity index (χ0v) is 14.3. The van der Waals surface area contributed by atoms with Crippen molar-refractivity contribution in [3.05, 3.63) is 53.6 Å².